The molecule has 3 aromatic heterocycles. The molecule has 1 saturated heterocycles. The van der Waals surface area contributed by atoms with Gasteiger partial charge in [-0.25, -0.2) is 4.98 Å². The summed E-state index contributed by atoms with van der Waals surface area (Å²) in [5.74, 6) is 1.31. The van der Waals surface area contributed by atoms with Crippen molar-refractivity contribution in [2.45, 2.75) is 19.8 Å². The molecule has 27 heavy (non-hydrogen) atoms. The quantitative estimate of drug-likeness (QED) is 0.619. The predicted molar refractivity (Wildman–Crippen MR) is 111 cm³/mol. The van der Waals surface area contributed by atoms with Gasteiger partial charge in [0.25, 0.3) is 11.1 Å². The summed E-state index contributed by atoms with van der Waals surface area (Å²) in [6.07, 6.45) is 3.82. The van der Waals surface area contributed by atoms with Crippen LogP contribution >= 0.6 is 23.6 Å². The highest BCUT2D eigenvalue weighted by Gasteiger charge is 2.24. The molecule has 0 bridgehead atoms. The molecule has 0 radical (unpaired) electrons. The first-order chi connectivity index (χ1) is 13.0. The van der Waals surface area contributed by atoms with Gasteiger partial charge in [-0.05, 0) is 43.1 Å². The van der Waals surface area contributed by atoms with Crippen LogP contribution in [0.5, 0.6) is 0 Å². The van der Waals surface area contributed by atoms with Crippen molar-refractivity contribution >= 4 is 35.0 Å². The Morgan fingerprint density at radius 2 is 1.96 bits per heavy atom. The Balaban J connectivity index is 2.01. The van der Waals surface area contributed by atoms with Crippen molar-refractivity contribution in [2.24, 2.45) is 13.0 Å². The van der Waals surface area contributed by atoms with Crippen LogP contribution in [0, 0.1) is 9.87 Å². The highest BCUT2D eigenvalue weighted by Crippen LogP contribution is 2.31. The maximum Gasteiger partial charge on any atom is 0.268 e. The molecule has 6 nitrogen and oxygen atoms in total. The minimum absolute atomic E-state index is 0.173. The van der Waals surface area contributed by atoms with E-state index in [0.29, 0.717) is 31.8 Å². The lowest BCUT2D eigenvalue weighted by molar-refractivity contribution is 0.437. The second-order valence-corrected chi connectivity index (χ2v) is 8.66. The smallest absolute Gasteiger partial charge is 0.268 e. The fourth-order valence-corrected chi connectivity index (χ4v) is 4.57. The van der Waals surface area contributed by atoms with Gasteiger partial charge in [-0.15, -0.1) is 11.3 Å². The second-order valence-electron chi connectivity index (χ2n) is 6.99. The average Bonchev–Trinajstić information content (AvgIpc) is 2.66. The molecule has 0 spiro atoms. The maximum atomic E-state index is 13.3. The monoisotopic (exact) mass is 400 g/mol. The van der Waals surface area contributed by atoms with Crippen molar-refractivity contribution in [2.75, 3.05) is 18.0 Å². The molecule has 1 aliphatic heterocycles. The van der Waals surface area contributed by atoms with E-state index < -0.39 is 0 Å². The van der Waals surface area contributed by atoms with Crippen LogP contribution in [0.3, 0.4) is 0 Å². The van der Waals surface area contributed by atoms with Crippen LogP contribution < -0.4 is 16.0 Å². The van der Waals surface area contributed by atoms with E-state index >= 15 is 0 Å². The fourth-order valence-electron chi connectivity index (χ4n) is 3.36. The molecule has 0 N–H and O–H groups in total. The number of rotatable bonds is 2. The third kappa shape index (κ3) is 3.23. The largest absolute Gasteiger partial charge is 0.356 e. The minimum atomic E-state index is -0.218. The Morgan fingerprint density at radius 3 is 2.67 bits per heavy atom. The third-order valence-electron chi connectivity index (χ3n) is 5.10. The molecule has 4 rings (SSSR count). The van der Waals surface area contributed by atoms with Crippen molar-refractivity contribution < 1.29 is 0 Å². The molecule has 1 aliphatic rings. The Morgan fingerprint density at radius 1 is 1.22 bits per heavy atom. The van der Waals surface area contributed by atoms with Gasteiger partial charge in [-0.1, -0.05) is 13.0 Å². The highest BCUT2D eigenvalue weighted by molar-refractivity contribution is 7.73. The molecule has 4 heterocycles. The van der Waals surface area contributed by atoms with Crippen molar-refractivity contribution in [3.63, 3.8) is 0 Å². The molecule has 0 atom stereocenters. The van der Waals surface area contributed by atoms with Crippen LogP contribution in [-0.4, -0.2) is 27.0 Å². The van der Waals surface area contributed by atoms with Gasteiger partial charge in [-0.2, -0.15) is 0 Å². The molecule has 8 heteroatoms. The van der Waals surface area contributed by atoms with E-state index in [2.05, 4.69) is 11.8 Å². The van der Waals surface area contributed by atoms with Crippen LogP contribution in [0.2, 0.25) is 0 Å². The number of hydrogen-bond acceptors (Lipinski definition) is 6. The van der Waals surface area contributed by atoms with E-state index in [9.17, 15) is 9.59 Å². The Kier molecular flexibility index (Phi) is 4.69. The molecule has 0 aromatic carbocycles. The topological polar surface area (TPSA) is 59.6 Å². The first kappa shape index (κ1) is 18.1. The molecule has 0 saturated carbocycles. The normalized spacial score (nSPS) is 15.4. The second kappa shape index (κ2) is 7.01. The van der Waals surface area contributed by atoms with E-state index in [0.717, 1.165) is 25.9 Å². The number of nitrogens with zero attached hydrogens (tertiary/aromatic N) is 4. The molecule has 0 amide bonds. The fraction of sp³-hybridized carbons (Fsp3) is 0.368. The van der Waals surface area contributed by atoms with Gasteiger partial charge in [-0.3, -0.25) is 18.6 Å². The zero-order valence-electron chi connectivity index (χ0n) is 15.2. The van der Waals surface area contributed by atoms with E-state index in [1.54, 1.807) is 19.3 Å². The van der Waals surface area contributed by atoms with E-state index in [1.165, 1.54) is 26.4 Å². The van der Waals surface area contributed by atoms with Crippen molar-refractivity contribution in [3.8, 4) is 10.4 Å². The Bertz CT molecular complexity index is 1160. The SMILES string of the molecule is CC1CCN(c2nc3ccccn3c(=O)c2-c2cc(=O)n(C)c(=S)s2)CC1. The lowest BCUT2D eigenvalue weighted by Gasteiger charge is -2.32. The van der Waals surface area contributed by atoms with Gasteiger partial charge < -0.3 is 4.90 Å². The van der Waals surface area contributed by atoms with Crippen molar-refractivity contribution in [3.05, 3.63) is 55.1 Å². The first-order valence-electron chi connectivity index (χ1n) is 8.93. The van der Waals surface area contributed by atoms with Gasteiger partial charge in [0, 0.05) is 32.4 Å². The standard InChI is InChI=1S/C19H20N4O2S2/c1-12-6-9-22(10-7-12)17-16(13-11-15(24)21(2)19(26)27-13)18(25)23-8-4-3-5-14(23)20-17/h3-5,8,11-12H,6-7,9-10H2,1-2H3. The molecule has 1 fully saturated rings. The van der Waals surface area contributed by atoms with Crippen LogP contribution in [-0.2, 0) is 7.05 Å². The van der Waals surface area contributed by atoms with Gasteiger partial charge in [0.1, 0.15) is 17.0 Å². The number of piperidine rings is 1. The van der Waals surface area contributed by atoms with Crippen LogP contribution in [0.1, 0.15) is 19.8 Å². The highest BCUT2D eigenvalue weighted by atomic mass is 32.1. The summed E-state index contributed by atoms with van der Waals surface area (Å²) in [5, 5.41) is 0. The summed E-state index contributed by atoms with van der Waals surface area (Å²) in [7, 11) is 1.64. The lowest BCUT2D eigenvalue weighted by atomic mass is 9.99. The maximum absolute atomic E-state index is 13.3. The zero-order valence-corrected chi connectivity index (χ0v) is 16.8. The summed E-state index contributed by atoms with van der Waals surface area (Å²) in [4.78, 5) is 33.2. The van der Waals surface area contributed by atoms with E-state index in [-0.39, 0.29) is 11.1 Å². The van der Waals surface area contributed by atoms with Crippen LogP contribution in [0.15, 0.2) is 40.1 Å². The number of pyridine rings is 1. The predicted octanol–water partition coefficient (Wildman–Crippen LogP) is 3.09. The third-order valence-corrected chi connectivity index (χ3v) is 6.62. The van der Waals surface area contributed by atoms with Gasteiger partial charge in [0.05, 0.1) is 4.88 Å². The van der Waals surface area contributed by atoms with E-state index in [4.69, 9.17) is 17.2 Å². The van der Waals surface area contributed by atoms with Gasteiger partial charge >= 0.3 is 0 Å². The molecule has 3 aromatic rings. The first-order valence-corrected chi connectivity index (χ1v) is 10.2. The molecular weight excluding hydrogens is 380 g/mol. The zero-order chi connectivity index (χ0) is 19.1. The lowest BCUT2D eigenvalue weighted by Crippen LogP contribution is -2.35. The summed E-state index contributed by atoms with van der Waals surface area (Å²) in [6.45, 7) is 3.94. The molecule has 140 valence electrons. The average molecular weight is 401 g/mol. The van der Waals surface area contributed by atoms with Gasteiger partial charge in [0.2, 0.25) is 0 Å². The summed E-state index contributed by atoms with van der Waals surface area (Å²) in [6, 6.07) is 6.98. The summed E-state index contributed by atoms with van der Waals surface area (Å²) >= 11 is 6.59. The Hall–Kier alpha value is -2.32. The Labute approximate surface area is 165 Å². The molecular formula is C19H20N4O2S2. The van der Waals surface area contributed by atoms with Gasteiger partial charge in [0.15, 0.2) is 3.95 Å². The van der Waals surface area contributed by atoms with E-state index in [1.807, 2.05) is 12.1 Å². The number of fused-ring (bicyclic) bond motifs is 1. The number of anilines is 1. The van der Waals surface area contributed by atoms with Crippen molar-refractivity contribution in [1.82, 2.24) is 14.0 Å². The molecule has 0 aliphatic carbocycles. The van der Waals surface area contributed by atoms with Crippen molar-refractivity contribution in [1.29, 1.82) is 0 Å². The van der Waals surface area contributed by atoms with Crippen LogP contribution in [0.4, 0.5) is 5.82 Å². The minimum Gasteiger partial charge on any atom is -0.356 e. The van der Waals surface area contributed by atoms with Crippen LogP contribution in [0.25, 0.3) is 16.1 Å². The summed E-state index contributed by atoms with van der Waals surface area (Å²) < 4.78 is 3.38. The number of hydrogen-bond donors (Lipinski definition) is 0. The molecule has 0 unspecified atom stereocenters. The summed E-state index contributed by atoms with van der Waals surface area (Å²) in [5.41, 5.74) is 0.673. The number of aromatic nitrogens is 3.